The Hall–Kier alpha value is 0.0700. The number of hydrogen-bond donors (Lipinski definition) is 0. The third-order valence-corrected chi connectivity index (χ3v) is 6.39. The molecule has 3 nitrogen and oxygen atoms in total. The van der Waals surface area contributed by atoms with Gasteiger partial charge in [0.25, 0.3) is 0 Å². The molecule has 0 N–H and O–H groups in total. The molecule has 0 aromatic rings. The van der Waals surface area contributed by atoms with Crippen molar-refractivity contribution in [3.8, 4) is 0 Å². The summed E-state index contributed by atoms with van der Waals surface area (Å²) >= 11 is -2.15. The zero-order valence-corrected chi connectivity index (χ0v) is 18.2. The zero-order chi connectivity index (χ0) is 18.9. The van der Waals surface area contributed by atoms with Gasteiger partial charge < -0.3 is 4.55 Å². The lowest BCUT2D eigenvalue weighted by Gasteiger charge is -2.44. The van der Waals surface area contributed by atoms with Crippen LogP contribution in [0.15, 0.2) is 0 Å². The molecular formula is C20H42NO2S-. The average Bonchev–Trinajstić information content (AvgIpc) is 2.51. The first-order chi connectivity index (χ1) is 11.1. The molecule has 4 heteroatoms. The number of hydrogen-bond acceptors (Lipinski definition) is 2. The summed E-state index contributed by atoms with van der Waals surface area (Å²) < 4.78 is 26.3. The predicted molar refractivity (Wildman–Crippen MR) is 105 cm³/mol. The van der Waals surface area contributed by atoms with Gasteiger partial charge in [-0.1, -0.05) is 68.2 Å². The second-order valence-electron chi connectivity index (χ2n) is 8.43. The highest BCUT2D eigenvalue weighted by atomic mass is 32.2. The van der Waals surface area contributed by atoms with Crippen LogP contribution in [0.25, 0.3) is 0 Å². The summed E-state index contributed by atoms with van der Waals surface area (Å²) in [7, 11) is 0. The van der Waals surface area contributed by atoms with Crippen LogP contribution in [0, 0.1) is 23.7 Å². The van der Waals surface area contributed by atoms with Gasteiger partial charge in [0.15, 0.2) is 0 Å². The smallest absolute Gasteiger partial charge is 0.0244 e. The molecule has 0 aromatic carbocycles. The summed E-state index contributed by atoms with van der Waals surface area (Å²) in [5, 5.41) is 0. The molecule has 0 saturated heterocycles. The second kappa shape index (κ2) is 12.4. The maximum Gasteiger partial charge on any atom is 0.0244 e. The van der Waals surface area contributed by atoms with E-state index in [-0.39, 0.29) is 12.1 Å². The molecule has 146 valence electrons. The minimum atomic E-state index is -2.15. The van der Waals surface area contributed by atoms with E-state index in [1.165, 1.54) is 0 Å². The van der Waals surface area contributed by atoms with Gasteiger partial charge in [-0.15, -0.1) is 0 Å². The van der Waals surface area contributed by atoms with E-state index in [1.807, 2.05) is 4.31 Å². The van der Waals surface area contributed by atoms with Gasteiger partial charge >= 0.3 is 0 Å². The highest BCUT2D eigenvalue weighted by Gasteiger charge is 2.33. The maximum absolute atomic E-state index is 12.2. The molecule has 0 bridgehead atoms. The van der Waals surface area contributed by atoms with Crippen LogP contribution in [0.5, 0.6) is 0 Å². The quantitative estimate of drug-likeness (QED) is 0.390. The van der Waals surface area contributed by atoms with Gasteiger partial charge in [-0.05, 0) is 49.4 Å². The molecule has 0 spiro atoms. The lowest BCUT2D eigenvalue weighted by atomic mass is 9.87. The summed E-state index contributed by atoms with van der Waals surface area (Å²) in [4.78, 5) is 0. The third kappa shape index (κ3) is 8.44. The van der Waals surface area contributed by atoms with Crippen molar-refractivity contribution in [1.29, 1.82) is 0 Å². The van der Waals surface area contributed by atoms with Crippen LogP contribution in [0.3, 0.4) is 0 Å². The molecule has 0 aliphatic carbocycles. The summed E-state index contributed by atoms with van der Waals surface area (Å²) in [6.07, 6.45) is 6.15. The topological polar surface area (TPSA) is 43.4 Å². The van der Waals surface area contributed by atoms with Crippen molar-refractivity contribution in [2.24, 2.45) is 23.7 Å². The van der Waals surface area contributed by atoms with Crippen LogP contribution in [-0.2, 0) is 11.3 Å². The normalized spacial score (nSPS) is 18.8. The summed E-state index contributed by atoms with van der Waals surface area (Å²) in [5.41, 5.74) is 0. The third-order valence-electron chi connectivity index (χ3n) is 5.51. The maximum atomic E-state index is 12.2. The first-order valence-electron chi connectivity index (χ1n) is 10.0. The van der Waals surface area contributed by atoms with E-state index in [1.54, 1.807) is 0 Å². The largest absolute Gasteiger partial charge is 0.760 e. The van der Waals surface area contributed by atoms with Crippen LogP contribution < -0.4 is 0 Å². The summed E-state index contributed by atoms with van der Waals surface area (Å²) in [6, 6.07) is 0.254. The van der Waals surface area contributed by atoms with E-state index in [2.05, 4.69) is 55.4 Å². The van der Waals surface area contributed by atoms with E-state index in [0.717, 1.165) is 38.5 Å². The molecule has 0 aliphatic heterocycles. The Labute approximate surface area is 154 Å². The Kier molecular flexibility index (Phi) is 12.5. The Morgan fingerprint density at radius 1 is 0.750 bits per heavy atom. The molecule has 0 saturated carbocycles. The minimum absolute atomic E-state index is 0.127. The van der Waals surface area contributed by atoms with Crippen molar-refractivity contribution in [3.63, 3.8) is 0 Å². The fraction of sp³-hybridized carbons (Fsp3) is 1.00. The molecule has 0 amide bonds. The molecule has 0 aliphatic rings. The Morgan fingerprint density at radius 3 is 1.29 bits per heavy atom. The minimum Gasteiger partial charge on any atom is -0.760 e. The first kappa shape index (κ1) is 24.1. The molecule has 0 fully saturated rings. The monoisotopic (exact) mass is 360 g/mol. The Morgan fingerprint density at radius 2 is 1.08 bits per heavy atom. The van der Waals surface area contributed by atoms with Gasteiger partial charge in [0.05, 0.1) is 0 Å². The highest BCUT2D eigenvalue weighted by Crippen LogP contribution is 2.31. The van der Waals surface area contributed by atoms with Gasteiger partial charge in [0.1, 0.15) is 0 Å². The van der Waals surface area contributed by atoms with Crippen molar-refractivity contribution in [2.75, 3.05) is 0 Å². The van der Waals surface area contributed by atoms with Gasteiger partial charge in [-0.3, -0.25) is 4.21 Å². The molecule has 5 unspecified atom stereocenters. The van der Waals surface area contributed by atoms with Gasteiger partial charge in [-0.25, -0.2) is 4.31 Å². The molecular weight excluding hydrogens is 318 g/mol. The number of rotatable bonds is 13. The first-order valence-corrected chi connectivity index (χ1v) is 11.1. The molecule has 0 heterocycles. The van der Waals surface area contributed by atoms with Crippen molar-refractivity contribution in [3.05, 3.63) is 0 Å². The highest BCUT2D eigenvalue weighted by molar-refractivity contribution is 7.76. The summed E-state index contributed by atoms with van der Waals surface area (Å²) in [5.74, 6) is 2.01. The molecule has 24 heavy (non-hydrogen) atoms. The van der Waals surface area contributed by atoms with Crippen molar-refractivity contribution in [2.45, 2.75) is 106 Å². The fourth-order valence-corrected chi connectivity index (χ4v) is 4.41. The van der Waals surface area contributed by atoms with E-state index < -0.39 is 11.3 Å². The van der Waals surface area contributed by atoms with E-state index >= 15 is 0 Å². The van der Waals surface area contributed by atoms with Gasteiger partial charge in [0.2, 0.25) is 0 Å². The van der Waals surface area contributed by atoms with Crippen LogP contribution in [0.4, 0.5) is 0 Å². The van der Waals surface area contributed by atoms with Crippen molar-refractivity contribution >= 4 is 11.3 Å². The van der Waals surface area contributed by atoms with Gasteiger partial charge in [0, 0.05) is 23.4 Å². The van der Waals surface area contributed by atoms with Crippen LogP contribution >= 0.6 is 0 Å². The van der Waals surface area contributed by atoms with Crippen molar-refractivity contribution < 1.29 is 8.76 Å². The lowest BCUT2D eigenvalue weighted by molar-refractivity contribution is 0.126. The van der Waals surface area contributed by atoms with Crippen LogP contribution in [-0.4, -0.2) is 25.2 Å². The van der Waals surface area contributed by atoms with Gasteiger partial charge in [-0.2, -0.15) is 0 Å². The van der Waals surface area contributed by atoms with Crippen LogP contribution in [0.1, 0.15) is 93.9 Å². The van der Waals surface area contributed by atoms with E-state index in [0.29, 0.717) is 23.7 Å². The standard InChI is InChI=1S/C20H43NO2S/c1-9-17(7)19(13-11-15(3)4)21(24(22)23)20(18(8)10-2)14-12-16(5)6/h15-20H,9-14H2,1-8H3,(H,22,23)/p-1. The Balaban J connectivity index is 5.52. The zero-order valence-electron chi connectivity index (χ0n) is 17.4. The fourth-order valence-electron chi connectivity index (χ4n) is 3.34. The van der Waals surface area contributed by atoms with Crippen LogP contribution in [0.2, 0.25) is 0 Å². The Bertz CT molecular complexity index is 321. The predicted octanol–water partition coefficient (Wildman–Crippen LogP) is 5.78. The molecule has 0 radical (unpaired) electrons. The van der Waals surface area contributed by atoms with E-state index in [4.69, 9.17) is 0 Å². The molecule has 0 rings (SSSR count). The molecule has 0 aromatic heterocycles. The molecule has 5 atom stereocenters. The van der Waals surface area contributed by atoms with Crippen molar-refractivity contribution in [1.82, 2.24) is 4.31 Å². The van der Waals surface area contributed by atoms with E-state index in [9.17, 15) is 8.76 Å². The average molecular weight is 361 g/mol. The lowest BCUT2D eigenvalue weighted by Crippen LogP contribution is -2.50. The number of nitrogens with zero attached hydrogens (tertiary/aromatic N) is 1. The second-order valence-corrected chi connectivity index (χ2v) is 9.28. The SMILES string of the molecule is CCC(C)C(CCC(C)C)N(C(CCC(C)C)C(C)CC)S(=O)[O-]. The summed E-state index contributed by atoms with van der Waals surface area (Å²) in [6.45, 7) is 17.6.